The molecule has 0 spiro atoms. The average Bonchev–Trinajstić information content (AvgIpc) is 2.67. The lowest BCUT2D eigenvalue weighted by Crippen LogP contribution is -1.94. The van der Waals surface area contributed by atoms with E-state index in [-0.39, 0.29) is 5.28 Å². The smallest absolute Gasteiger partial charge is 0.225 e. The fourth-order valence-electron chi connectivity index (χ4n) is 1.80. The van der Waals surface area contributed by atoms with Crippen molar-refractivity contribution in [2.24, 2.45) is 0 Å². The normalized spacial score (nSPS) is 11.1. The van der Waals surface area contributed by atoms with Crippen LogP contribution < -0.4 is 0 Å². The number of hydrogen-bond acceptors (Lipinski definition) is 2. The molecule has 3 aromatic rings. The fourth-order valence-corrected chi connectivity index (χ4v) is 2.96. The van der Waals surface area contributed by atoms with Crippen LogP contribution in [-0.4, -0.2) is 14.5 Å². The number of hydrogen-bond donors (Lipinski definition) is 0. The average molecular weight is 343 g/mol. The lowest BCUT2D eigenvalue weighted by molar-refractivity contribution is 1.07. The van der Waals surface area contributed by atoms with Crippen LogP contribution in [0.2, 0.25) is 10.4 Å². The lowest BCUT2D eigenvalue weighted by atomic mass is 10.3. The molecule has 0 bridgehead atoms. The van der Waals surface area contributed by atoms with Gasteiger partial charge >= 0.3 is 0 Å². The quantitative estimate of drug-likeness (QED) is 0.482. The summed E-state index contributed by atoms with van der Waals surface area (Å²) in [5.41, 5.74) is 1.66. The van der Waals surface area contributed by atoms with E-state index in [0.29, 0.717) is 10.8 Å². The van der Waals surface area contributed by atoms with E-state index >= 15 is 0 Å². The molecule has 0 unspecified atom stereocenters. The number of nitrogens with zero attached hydrogens (tertiary/aromatic N) is 3. The van der Waals surface area contributed by atoms with Gasteiger partial charge in [-0.1, -0.05) is 29.8 Å². The second-order valence-electron chi connectivity index (χ2n) is 3.66. The molecule has 6 heteroatoms. The summed E-state index contributed by atoms with van der Waals surface area (Å²) in [7, 11) is 0. The highest BCUT2D eigenvalue weighted by molar-refractivity contribution is 9.10. The van der Waals surface area contributed by atoms with Crippen molar-refractivity contribution in [2.75, 3.05) is 0 Å². The van der Waals surface area contributed by atoms with Gasteiger partial charge in [0.05, 0.1) is 5.39 Å². The Morgan fingerprint density at radius 1 is 1.06 bits per heavy atom. The van der Waals surface area contributed by atoms with Crippen LogP contribution in [0.25, 0.3) is 16.7 Å². The minimum Gasteiger partial charge on any atom is -0.300 e. The Hall–Kier alpha value is -1.10. The van der Waals surface area contributed by atoms with E-state index in [4.69, 9.17) is 23.2 Å². The first-order valence-corrected chi connectivity index (χ1v) is 6.67. The van der Waals surface area contributed by atoms with Gasteiger partial charge in [0, 0.05) is 16.4 Å². The van der Waals surface area contributed by atoms with E-state index in [1.54, 1.807) is 0 Å². The summed E-state index contributed by atoms with van der Waals surface area (Å²) in [6.07, 6.45) is 1.90. The van der Waals surface area contributed by atoms with E-state index in [1.165, 1.54) is 0 Å². The molecule has 0 N–H and O–H groups in total. The van der Waals surface area contributed by atoms with E-state index in [0.717, 1.165) is 15.5 Å². The number of para-hydroxylation sites is 1. The fraction of sp³-hybridized carbons (Fsp3) is 0. The van der Waals surface area contributed by atoms with Crippen LogP contribution in [0.4, 0.5) is 0 Å². The van der Waals surface area contributed by atoms with Crippen LogP contribution in [0.1, 0.15) is 0 Å². The molecule has 2 aromatic heterocycles. The Balaban J connectivity index is 2.38. The lowest BCUT2D eigenvalue weighted by Gasteiger charge is -2.04. The molecule has 2 heterocycles. The highest BCUT2D eigenvalue weighted by Crippen LogP contribution is 2.32. The molecule has 0 aliphatic heterocycles. The van der Waals surface area contributed by atoms with Gasteiger partial charge < -0.3 is 0 Å². The third kappa shape index (κ3) is 1.90. The monoisotopic (exact) mass is 341 g/mol. The summed E-state index contributed by atoms with van der Waals surface area (Å²) in [4.78, 5) is 8.18. The van der Waals surface area contributed by atoms with Gasteiger partial charge in [0.15, 0.2) is 5.65 Å². The highest BCUT2D eigenvalue weighted by Gasteiger charge is 2.14. The zero-order valence-corrected chi connectivity index (χ0v) is 12.0. The van der Waals surface area contributed by atoms with Crippen molar-refractivity contribution in [3.63, 3.8) is 0 Å². The largest absolute Gasteiger partial charge is 0.300 e. The van der Waals surface area contributed by atoms with Crippen molar-refractivity contribution in [3.8, 4) is 5.69 Å². The number of fused-ring (bicyclic) bond motifs is 1. The standard InChI is InChI=1S/C12H6BrCl2N3/c13-8-6-18(7-4-2-1-3-5-7)11-9(8)10(14)16-12(15)17-11/h1-6H. The van der Waals surface area contributed by atoms with Gasteiger partial charge in [0.2, 0.25) is 5.28 Å². The third-order valence-corrected chi connectivity index (χ3v) is 3.61. The third-order valence-electron chi connectivity index (χ3n) is 2.56. The summed E-state index contributed by atoms with van der Waals surface area (Å²) < 4.78 is 2.75. The van der Waals surface area contributed by atoms with Crippen molar-refractivity contribution in [1.29, 1.82) is 0 Å². The Labute approximate surface area is 122 Å². The molecule has 1 aromatic carbocycles. The number of rotatable bonds is 1. The number of halogens is 3. The van der Waals surface area contributed by atoms with Crippen molar-refractivity contribution in [2.45, 2.75) is 0 Å². The highest BCUT2D eigenvalue weighted by atomic mass is 79.9. The molecule has 0 fully saturated rings. The van der Waals surface area contributed by atoms with Crippen molar-refractivity contribution in [3.05, 3.63) is 51.4 Å². The van der Waals surface area contributed by atoms with E-state index in [9.17, 15) is 0 Å². The van der Waals surface area contributed by atoms with Crippen LogP contribution in [0, 0.1) is 0 Å². The van der Waals surface area contributed by atoms with Gasteiger partial charge in [-0.05, 0) is 39.7 Å². The second-order valence-corrected chi connectivity index (χ2v) is 5.22. The summed E-state index contributed by atoms with van der Waals surface area (Å²) >= 11 is 15.4. The Kier molecular flexibility index (Phi) is 3.01. The van der Waals surface area contributed by atoms with Gasteiger partial charge in [-0.25, -0.2) is 4.98 Å². The van der Waals surface area contributed by atoms with E-state index < -0.39 is 0 Å². The molecule has 0 aliphatic rings. The van der Waals surface area contributed by atoms with E-state index in [2.05, 4.69) is 25.9 Å². The molecule has 0 aliphatic carbocycles. The van der Waals surface area contributed by atoms with Crippen LogP contribution in [0.15, 0.2) is 41.0 Å². The molecule has 18 heavy (non-hydrogen) atoms. The predicted octanol–water partition coefficient (Wildman–Crippen LogP) is 4.49. The zero-order valence-electron chi connectivity index (χ0n) is 8.94. The summed E-state index contributed by atoms with van der Waals surface area (Å²) in [5, 5.41) is 1.23. The van der Waals surface area contributed by atoms with E-state index in [1.807, 2.05) is 41.1 Å². The maximum atomic E-state index is 6.09. The van der Waals surface area contributed by atoms with Gasteiger partial charge in [-0.2, -0.15) is 4.98 Å². The van der Waals surface area contributed by atoms with Crippen molar-refractivity contribution >= 4 is 50.2 Å². The molecule has 3 nitrogen and oxygen atoms in total. The number of benzene rings is 1. The zero-order chi connectivity index (χ0) is 12.7. The van der Waals surface area contributed by atoms with Gasteiger partial charge in [0.1, 0.15) is 5.15 Å². The van der Waals surface area contributed by atoms with Gasteiger partial charge in [-0.15, -0.1) is 0 Å². The van der Waals surface area contributed by atoms with Gasteiger partial charge in [-0.3, -0.25) is 4.57 Å². The van der Waals surface area contributed by atoms with Gasteiger partial charge in [0.25, 0.3) is 0 Å². The maximum Gasteiger partial charge on any atom is 0.225 e. The predicted molar refractivity (Wildman–Crippen MR) is 76.6 cm³/mol. The Morgan fingerprint density at radius 2 is 1.78 bits per heavy atom. The van der Waals surface area contributed by atoms with Crippen LogP contribution in [0.3, 0.4) is 0 Å². The number of aromatic nitrogens is 3. The molecule has 0 saturated heterocycles. The summed E-state index contributed by atoms with van der Waals surface area (Å²) in [6.45, 7) is 0. The molecule has 0 amide bonds. The molecular formula is C12H6BrCl2N3. The van der Waals surface area contributed by atoms with Crippen molar-refractivity contribution < 1.29 is 0 Å². The molecule has 0 radical (unpaired) electrons. The first kappa shape index (κ1) is 12.0. The summed E-state index contributed by atoms with van der Waals surface area (Å²) in [6, 6.07) is 9.84. The molecular weight excluding hydrogens is 337 g/mol. The van der Waals surface area contributed by atoms with Crippen LogP contribution in [0.5, 0.6) is 0 Å². The molecule has 90 valence electrons. The second kappa shape index (κ2) is 4.53. The minimum atomic E-state index is 0.135. The molecule has 0 atom stereocenters. The first-order valence-electron chi connectivity index (χ1n) is 5.12. The Bertz CT molecular complexity index is 725. The summed E-state index contributed by atoms with van der Waals surface area (Å²) in [5.74, 6) is 0. The van der Waals surface area contributed by atoms with Crippen LogP contribution >= 0.6 is 39.1 Å². The van der Waals surface area contributed by atoms with Crippen molar-refractivity contribution in [1.82, 2.24) is 14.5 Å². The molecule has 3 rings (SSSR count). The topological polar surface area (TPSA) is 30.7 Å². The Morgan fingerprint density at radius 3 is 2.50 bits per heavy atom. The first-order chi connectivity index (χ1) is 8.66. The molecule has 0 saturated carbocycles. The maximum absolute atomic E-state index is 6.09. The van der Waals surface area contributed by atoms with Crippen LogP contribution in [-0.2, 0) is 0 Å². The minimum absolute atomic E-state index is 0.135. The SMILES string of the molecule is Clc1nc(Cl)c2c(Br)cn(-c3ccccc3)c2n1.